The van der Waals surface area contributed by atoms with E-state index in [2.05, 4.69) is 151 Å². The molecule has 6 aromatic carbocycles. The largest absolute Gasteiger partial charge is 0.261 e. The number of pyridine rings is 1. The van der Waals surface area contributed by atoms with Crippen LogP contribution < -0.4 is 5.46 Å². The first-order valence-electron chi connectivity index (χ1n) is 18.8. The van der Waals surface area contributed by atoms with Crippen LogP contribution in [-0.4, -0.2) is 31.2 Å². The van der Waals surface area contributed by atoms with Crippen LogP contribution in [0.25, 0.3) is 39.1 Å². The third kappa shape index (κ3) is 8.54. The maximum absolute atomic E-state index is 5.93. The molecule has 2 radical (unpaired) electrons. The highest BCUT2D eigenvalue weighted by Gasteiger charge is 2.21. The molecule has 56 heavy (non-hydrogen) atoms. The normalized spacial score (nSPS) is 14.5. The summed E-state index contributed by atoms with van der Waals surface area (Å²) >= 11 is 0. The molecule has 1 unspecified atom stereocenters. The smallest absolute Gasteiger partial charge is 0.160 e. The number of amidine groups is 2. The van der Waals surface area contributed by atoms with E-state index < -0.39 is 0 Å². The molecule has 1 aliphatic rings. The topological polar surface area (TPSA) is 50.0 Å². The van der Waals surface area contributed by atoms with Crippen LogP contribution in [0.3, 0.4) is 0 Å². The Labute approximate surface area is 330 Å². The van der Waals surface area contributed by atoms with Crippen LogP contribution in [0.2, 0.25) is 0 Å². The minimum absolute atomic E-state index is 0.135. The Morgan fingerprint density at radius 3 is 1.77 bits per heavy atom. The van der Waals surface area contributed by atoms with Gasteiger partial charge in [0, 0.05) is 28.8 Å². The highest BCUT2D eigenvalue weighted by molar-refractivity contribution is 6.32. The lowest BCUT2D eigenvalue weighted by Gasteiger charge is -2.23. The van der Waals surface area contributed by atoms with Crippen molar-refractivity contribution in [2.75, 3.05) is 0 Å². The molecular formula is C51H39BN4. The molecule has 1 heterocycles. The number of hydrogen-bond donors (Lipinski definition) is 0. The van der Waals surface area contributed by atoms with Crippen LogP contribution in [0.4, 0.5) is 0 Å². The minimum atomic E-state index is 0.135. The number of allylic oxidation sites excluding steroid dienone is 2. The Kier molecular flexibility index (Phi) is 10.9. The van der Waals surface area contributed by atoms with Crippen molar-refractivity contribution in [3.05, 3.63) is 222 Å². The summed E-state index contributed by atoms with van der Waals surface area (Å²) in [5.41, 5.74) is 13.3. The Hall–Kier alpha value is -6.98. The molecule has 0 N–H and O–H groups in total. The van der Waals surface area contributed by atoms with E-state index in [0.717, 1.165) is 62.1 Å². The molecule has 0 saturated heterocycles. The summed E-state index contributed by atoms with van der Waals surface area (Å²) in [6.07, 6.45) is 7.21. The molecule has 8 rings (SSSR count). The number of nitrogens with zero attached hydrogens (tertiary/aromatic N) is 4. The fraction of sp³-hybridized carbons (Fsp3) is 0.0588. The lowest BCUT2D eigenvalue weighted by molar-refractivity contribution is 0.863. The second kappa shape index (κ2) is 17.0. The third-order valence-electron chi connectivity index (χ3n) is 9.99. The lowest BCUT2D eigenvalue weighted by Crippen LogP contribution is -2.11. The van der Waals surface area contributed by atoms with Gasteiger partial charge in [0.15, 0.2) is 11.7 Å². The Balaban J connectivity index is 1.26. The van der Waals surface area contributed by atoms with Gasteiger partial charge in [0.25, 0.3) is 0 Å². The summed E-state index contributed by atoms with van der Waals surface area (Å²) in [7, 11) is 5.93. The quantitative estimate of drug-likeness (QED) is 0.0833. The Morgan fingerprint density at radius 1 is 0.607 bits per heavy atom. The van der Waals surface area contributed by atoms with Gasteiger partial charge in [-0.05, 0) is 88.0 Å². The van der Waals surface area contributed by atoms with Crippen molar-refractivity contribution < 1.29 is 0 Å². The van der Waals surface area contributed by atoms with E-state index in [4.69, 9.17) is 22.8 Å². The van der Waals surface area contributed by atoms with Gasteiger partial charge in [-0.1, -0.05) is 163 Å². The first-order valence-corrected chi connectivity index (χ1v) is 18.8. The fourth-order valence-corrected chi connectivity index (χ4v) is 7.06. The van der Waals surface area contributed by atoms with Gasteiger partial charge in [0.2, 0.25) is 0 Å². The van der Waals surface area contributed by atoms with Crippen molar-refractivity contribution in [2.24, 2.45) is 15.0 Å². The number of hydrogen-bond acceptors (Lipinski definition) is 2. The van der Waals surface area contributed by atoms with Gasteiger partial charge in [0.05, 0.1) is 12.2 Å². The Morgan fingerprint density at radius 2 is 1.20 bits per heavy atom. The summed E-state index contributed by atoms with van der Waals surface area (Å²) < 4.78 is 0. The molecule has 5 heteroatoms. The molecule has 0 bridgehead atoms. The second-order valence-corrected chi connectivity index (χ2v) is 13.8. The van der Waals surface area contributed by atoms with Gasteiger partial charge in [-0.3, -0.25) is 9.98 Å². The SMILES string of the molecule is [B]c1ccc(-c2ccc(CN=C(N=C(N=C)C3=CC(c4ccccc4)CC(c4ccccc4)=C3)c3cc(-c4ccccc4)cc(-c4ccccc4)c3)cn2)cc1. The molecule has 4 nitrogen and oxygen atoms in total. The minimum Gasteiger partial charge on any atom is -0.261 e. The van der Waals surface area contributed by atoms with Gasteiger partial charge in [-0.25, -0.2) is 9.98 Å². The van der Waals surface area contributed by atoms with Crippen LogP contribution in [0.15, 0.2) is 215 Å². The van der Waals surface area contributed by atoms with E-state index in [0.29, 0.717) is 18.2 Å². The van der Waals surface area contributed by atoms with Gasteiger partial charge in [-0.2, -0.15) is 0 Å². The molecule has 7 aromatic rings. The Bertz CT molecular complexity index is 2500. The van der Waals surface area contributed by atoms with Gasteiger partial charge in [0.1, 0.15) is 7.85 Å². The second-order valence-electron chi connectivity index (χ2n) is 13.8. The van der Waals surface area contributed by atoms with E-state index in [1.807, 2.05) is 54.7 Å². The number of rotatable bonds is 9. The first kappa shape index (κ1) is 36.0. The summed E-state index contributed by atoms with van der Waals surface area (Å²) in [6, 6.07) is 60.4. The number of benzene rings is 6. The van der Waals surface area contributed by atoms with Crippen molar-refractivity contribution in [1.82, 2.24) is 4.98 Å². The third-order valence-corrected chi connectivity index (χ3v) is 9.99. The molecule has 1 aromatic heterocycles. The summed E-state index contributed by atoms with van der Waals surface area (Å²) in [6.45, 7) is 4.41. The molecule has 0 saturated carbocycles. The van der Waals surface area contributed by atoms with Crippen LogP contribution in [-0.2, 0) is 6.54 Å². The lowest BCUT2D eigenvalue weighted by atomic mass is 9.82. The average molecular weight is 719 g/mol. The summed E-state index contributed by atoms with van der Waals surface area (Å²) in [5.74, 6) is 1.21. The van der Waals surface area contributed by atoms with Crippen molar-refractivity contribution in [1.29, 1.82) is 0 Å². The zero-order valence-electron chi connectivity index (χ0n) is 31.0. The molecule has 0 spiro atoms. The van der Waals surface area contributed by atoms with E-state index in [1.165, 1.54) is 16.7 Å². The molecular weight excluding hydrogens is 679 g/mol. The van der Waals surface area contributed by atoms with Crippen molar-refractivity contribution in [3.8, 4) is 33.5 Å². The highest BCUT2D eigenvalue weighted by atomic mass is 15.0. The molecule has 1 aliphatic carbocycles. The van der Waals surface area contributed by atoms with Crippen LogP contribution in [0.5, 0.6) is 0 Å². The van der Waals surface area contributed by atoms with Gasteiger partial charge >= 0.3 is 0 Å². The summed E-state index contributed by atoms with van der Waals surface area (Å²) in [5, 5.41) is 0. The standard InChI is InChI=1S/C51H39BN4/c1-53-50(46-30-42(37-14-6-2-7-15-37)28-43(31-46)38-16-8-3-9-17-38)56-51(55-35-36-22-27-49(54-34-36)41-23-25-48(52)26-24-41)47-32-44(39-18-10-4-11-19-39)29-45(33-47)40-20-12-5-13-21-40/h2-27,29-34,42H,1,28,35H2. The molecule has 0 aliphatic heterocycles. The van der Waals surface area contributed by atoms with Gasteiger partial charge in [-0.15, -0.1) is 0 Å². The number of aliphatic imine (C=N–C) groups is 3. The fourth-order valence-electron chi connectivity index (χ4n) is 7.06. The predicted molar refractivity (Wildman–Crippen MR) is 236 cm³/mol. The molecule has 1 atom stereocenters. The molecule has 0 amide bonds. The summed E-state index contributed by atoms with van der Waals surface area (Å²) in [4.78, 5) is 19.9. The van der Waals surface area contributed by atoms with Crippen LogP contribution in [0, 0.1) is 0 Å². The highest BCUT2D eigenvalue weighted by Crippen LogP contribution is 2.37. The zero-order valence-corrected chi connectivity index (χ0v) is 31.0. The zero-order chi connectivity index (χ0) is 38.1. The van der Waals surface area contributed by atoms with E-state index >= 15 is 0 Å². The maximum atomic E-state index is 5.93. The predicted octanol–water partition coefficient (Wildman–Crippen LogP) is 11.1. The van der Waals surface area contributed by atoms with E-state index in [-0.39, 0.29) is 5.92 Å². The van der Waals surface area contributed by atoms with Crippen molar-refractivity contribution in [2.45, 2.75) is 18.9 Å². The van der Waals surface area contributed by atoms with E-state index in [1.54, 1.807) is 0 Å². The van der Waals surface area contributed by atoms with Crippen LogP contribution in [0.1, 0.15) is 34.6 Å². The molecule has 266 valence electrons. The monoisotopic (exact) mass is 718 g/mol. The first-order chi connectivity index (χ1) is 27.6. The van der Waals surface area contributed by atoms with Crippen molar-refractivity contribution >= 4 is 37.3 Å². The average Bonchev–Trinajstić information content (AvgIpc) is 3.28. The van der Waals surface area contributed by atoms with Crippen molar-refractivity contribution in [3.63, 3.8) is 0 Å². The maximum Gasteiger partial charge on any atom is 0.160 e. The van der Waals surface area contributed by atoms with Gasteiger partial charge < -0.3 is 0 Å². The van der Waals surface area contributed by atoms with Crippen LogP contribution >= 0.6 is 0 Å². The number of aromatic nitrogens is 1. The van der Waals surface area contributed by atoms with E-state index in [9.17, 15) is 0 Å². The molecule has 0 fully saturated rings.